The fraction of sp³-hybridized carbons (Fsp3) is 0.148. The Balaban J connectivity index is 1.34. The van der Waals surface area contributed by atoms with Crippen molar-refractivity contribution < 1.29 is 22.3 Å². The minimum Gasteiger partial charge on any atom is -0.492 e. The molecule has 0 radical (unpaired) electrons. The number of carbonyl (C=O) groups excluding carboxylic acids is 1. The van der Waals surface area contributed by atoms with Crippen molar-refractivity contribution in [3.8, 4) is 5.75 Å². The third-order valence-electron chi connectivity index (χ3n) is 5.43. The van der Waals surface area contributed by atoms with Crippen LogP contribution in [0.5, 0.6) is 5.75 Å². The summed E-state index contributed by atoms with van der Waals surface area (Å²) in [7, 11) is -3.59. The van der Waals surface area contributed by atoms with Gasteiger partial charge >= 0.3 is 0 Å². The molecule has 0 heterocycles. The Hall–Kier alpha value is -3.91. The summed E-state index contributed by atoms with van der Waals surface area (Å²) in [5.74, 6) is 0.0464. The molecule has 0 aromatic heterocycles. The maximum atomic E-state index is 13.2. The largest absolute Gasteiger partial charge is 0.492 e. The van der Waals surface area contributed by atoms with Crippen LogP contribution in [0, 0.1) is 5.82 Å². The zero-order chi connectivity index (χ0) is 24.8. The van der Waals surface area contributed by atoms with E-state index in [0.29, 0.717) is 30.0 Å². The van der Waals surface area contributed by atoms with E-state index in [0.717, 1.165) is 22.8 Å². The molecule has 0 unspecified atom stereocenters. The lowest BCUT2D eigenvalue weighted by molar-refractivity contribution is 0.0947. The van der Waals surface area contributed by atoms with Gasteiger partial charge in [0.25, 0.3) is 5.91 Å². The Labute approximate surface area is 204 Å². The highest BCUT2D eigenvalue weighted by molar-refractivity contribution is 7.92. The average Bonchev–Trinajstić information content (AvgIpc) is 2.85. The van der Waals surface area contributed by atoms with Crippen molar-refractivity contribution in [2.24, 2.45) is 0 Å². The van der Waals surface area contributed by atoms with Crippen molar-refractivity contribution >= 4 is 32.4 Å². The molecule has 1 N–H and O–H groups in total. The molecule has 1 amide bonds. The first-order chi connectivity index (χ1) is 16.8. The SMILES string of the molecule is CS(=O)(=O)N(Cc1ccc(F)cc1)c1ccc(C(=O)NCCOc2ccc3ccccc3c2)cc1. The number of fused-ring (bicyclic) bond motifs is 1. The molecule has 0 aliphatic carbocycles. The molecular formula is C27H25FN2O4S. The van der Waals surface area contributed by atoms with Gasteiger partial charge in [-0.1, -0.05) is 42.5 Å². The van der Waals surface area contributed by atoms with Gasteiger partial charge in [-0.05, 0) is 64.9 Å². The minimum absolute atomic E-state index is 0.0523. The smallest absolute Gasteiger partial charge is 0.251 e. The number of sulfonamides is 1. The van der Waals surface area contributed by atoms with Crippen LogP contribution in [-0.2, 0) is 16.6 Å². The lowest BCUT2D eigenvalue weighted by atomic mass is 10.1. The number of ether oxygens (including phenoxy) is 1. The van der Waals surface area contributed by atoms with Crippen LogP contribution >= 0.6 is 0 Å². The van der Waals surface area contributed by atoms with Crippen LogP contribution in [0.2, 0.25) is 0 Å². The Bertz CT molecular complexity index is 1420. The number of halogens is 1. The standard InChI is InChI=1S/C27H25FN2O4S/c1-35(32,33)30(19-20-6-11-24(28)12-7-20)25-13-8-22(9-14-25)27(31)29-16-17-34-26-15-10-21-4-2-3-5-23(21)18-26/h2-15,18H,16-17,19H2,1H3,(H,29,31). The molecule has 0 aliphatic rings. The molecule has 0 atom stereocenters. The summed E-state index contributed by atoms with van der Waals surface area (Å²) in [6.45, 7) is 0.673. The number of carbonyl (C=O) groups is 1. The summed E-state index contributed by atoms with van der Waals surface area (Å²) < 4.78 is 44.8. The van der Waals surface area contributed by atoms with Crippen LogP contribution in [-0.4, -0.2) is 33.7 Å². The number of nitrogens with zero attached hydrogens (tertiary/aromatic N) is 1. The lowest BCUT2D eigenvalue weighted by Crippen LogP contribution is -2.30. The number of hydrogen-bond donors (Lipinski definition) is 1. The van der Waals surface area contributed by atoms with Crippen molar-refractivity contribution in [1.29, 1.82) is 0 Å². The minimum atomic E-state index is -3.59. The molecule has 4 aromatic rings. The fourth-order valence-corrected chi connectivity index (χ4v) is 4.52. The zero-order valence-electron chi connectivity index (χ0n) is 19.1. The molecule has 0 saturated carbocycles. The Kier molecular flexibility index (Phi) is 7.31. The van der Waals surface area contributed by atoms with E-state index in [1.54, 1.807) is 24.3 Å². The summed E-state index contributed by atoms with van der Waals surface area (Å²) in [4.78, 5) is 12.5. The first-order valence-corrected chi connectivity index (χ1v) is 12.9. The second kappa shape index (κ2) is 10.6. The highest BCUT2D eigenvalue weighted by atomic mass is 32.2. The van der Waals surface area contributed by atoms with E-state index in [2.05, 4.69) is 5.32 Å². The van der Waals surface area contributed by atoms with Gasteiger partial charge in [0.2, 0.25) is 10.0 Å². The summed E-state index contributed by atoms with van der Waals surface area (Å²) >= 11 is 0. The van der Waals surface area contributed by atoms with E-state index >= 15 is 0 Å². The van der Waals surface area contributed by atoms with E-state index < -0.39 is 15.8 Å². The number of anilines is 1. The third kappa shape index (κ3) is 6.36. The number of amides is 1. The lowest BCUT2D eigenvalue weighted by Gasteiger charge is -2.22. The molecule has 0 bridgehead atoms. The molecule has 6 nitrogen and oxygen atoms in total. The first kappa shape index (κ1) is 24.2. The summed E-state index contributed by atoms with van der Waals surface area (Å²) in [6, 6.07) is 25.7. The maximum Gasteiger partial charge on any atom is 0.251 e. The fourth-order valence-electron chi connectivity index (χ4n) is 3.63. The van der Waals surface area contributed by atoms with Gasteiger partial charge < -0.3 is 10.1 Å². The summed E-state index contributed by atoms with van der Waals surface area (Å²) in [5, 5.41) is 5.01. The van der Waals surface area contributed by atoms with Crippen LogP contribution in [0.25, 0.3) is 10.8 Å². The predicted octanol–water partition coefficient (Wildman–Crippen LogP) is 4.75. The Morgan fingerprint density at radius 3 is 2.29 bits per heavy atom. The normalized spacial score (nSPS) is 11.3. The molecule has 0 fully saturated rings. The summed E-state index contributed by atoms with van der Waals surface area (Å²) in [5.41, 5.74) is 1.45. The second-order valence-electron chi connectivity index (χ2n) is 8.06. The Morgan fingerprint density at radius 2 is 1.60 bits per heavy atom. The first-order valence-electron chi connectivity index (χ1n) is 11.0. The second-order valence-corrected chi connectivity index (χ2v) is 9.96. The number of hydrogen-bond acceptors (Lipinski definition) is 4. The Morgan fingerprint density at radius 1 is 0.914 bits per heavy atom. The molecule has 4 aromatic carbocycles. The van der Waals surface area contributed by atoms with Crippen LogP contribution in [0.3, 0.4) is 0 Å². The molecule has 180 valence electrons. The topological polar surface area (TPSA) is 75.7 Å². The quantitative estimate of drug-likeness (QED) is 0.342. The van der Waals surface area contributed by atoms with E-state index in [1.807, 2.05) is 42.5 Å². The zero-order valence-corrected chi connectivity index (χ0v) is 20.0. The molecule has 0 saturated heterocycles. The number of benzene rings is 4. The van der Waals surface area contributed by atoms with E-state index in [4.69, 9.17) is 4.74 Å². The van der Waals surface area contributed by atoms with Crippen LogP contribution < -0.4 is 14.4 Å². The third-order valence-corrected chi connectivity index (χ3v) is 6.58. The van der Waals surface area contributed by atoms with Gasteiger partial charge in [-0.2, -0.15) is 0 Å². The highest BCUT2D eigenvalue weighted by Gasteiger charge is 2.18. The monoisotopic (exact) mass is 492 g/mol. The van der Waals surface area contributed by atoms with E-state index in [1.165, 1.54) is 28.6 Å². The van der Waals surface area contributed by atoms with Gasteiger partial charge in [-0.15, -0.1) is 0 Å². The highest BCUT2D eigenvalue weighted by Crippen LogP contribution is 2.22. The average molecular weight is 493 g/mol. The van der Waals surface area contributed by atoms with E-state index in [9.17, 15) is 17.6 Å². The molecule has 35 heavy (non-hydrogen) atoms. The van der Waals surface area contributed by atoms with Crippen LogP contribution in [0.1, 0.15) is 15.9 Å². The van der Waals surface area contributed by atoms with Crippen LogP contribution in [0.4, 0.5) is 10.1 Å². The van der Waals surface area contributed by atoms with Crippen LogP contribution in [0.15, 0.2) is 91.0 Å². The van der Waals surface area contributed by atoms with Crippen molar-refractivity contribution in [1.82, 2.24) is 5.32 Å². The van der Waals surface area contributed by atoms with E-state index in [-0.39, 0.29) is 12.5 Å². The van der Waals surface area contributed by atoms with Gasteiger partial charge in [0, 0.05) is 5.56 Å². The van der Waals surface area contributed by atoms with Gasteiger partial charge in [-0.25, -0.2) is 12.8 Å². The van der Waals surface area contributed by atoms with Gasteiger partial charge in [0.05, 0.1) is 25.0 Å². The van der Waals surface area contributed by atoms with Crippen molar-refractivity contribution in [3.05, 3.63) is 108 Å². The van der Waals surface area contributed by atoms with Crippen molar-refractivity contribution in [3.63, 3.8) is 0 Å². The molecule has 0 spiro atoms. The molecule has 0 aliphatic heterocycles. The maximum absolute atomic E-state index is 13.2. The molecular weight excluding hydrogens is 467 g/mol. The van der Waals surface area contributed by atoms with Crippen molar-refractivity contribution in [2.75, 3.05) is 23.7 Å². The molecule has 8 heteroatoms. The predicted molar refractivity (Wildman–Crippen MR) is 136 cm³/mol. The van der Waals surface area contributed by atoms with Gasteiger partial charge in [-0.3, -0.25) is 9.10 Å². The number of nitrogens with one attached hydrogen (secondary N) is 1. The molecule has 4 rings (SSSR count). The summed E-state index contributed by atoms with van der Waals surface area (Å²) in [6.07, 6.45) is 1.10. The number of rotatable bonds is 9. The van der Waals surface area contributed by atoms with Gasteiger partial charge in [0.1, 0.15) is 18.2 Å². The van der Waals surface area contributed by atoms with Crippen molar-refractivity contribution in [2.45, 2.75) is 6.54 Å². The van der Waals surface area contributed by atoms with Gasteiger partial charge in [0.15, 0.2) is 0 Å².